The summed E-state index contributed by atoms with van der Waals surface area (Å²) in [5.74, 6) is 0.0442. The van der Waals surface area contributed by atoms with E-state index < -0.39 is 0 Å². The largest absolute Gasteiger partial charge is 0.353 e. The Hall–Kier alpha value is -3.50. The van der Waals surface area contributed by atoms with Crippen molar-refractivity contribution in [2.24, 2.45) is 0 Å². The van der Waals surface area contributed by atoms with Gasteiger partial charge in [-0.25, -0.2) is 0 Å². The smallest absolute Gasteiger partial charge is 0.230 e. The molecule has 0 radical (unpaired) electrons. The average Bonchev–Trinajstić information content (AvgIpc) is 3.55. The Kier molecular flexibility index (Phi) is 10.3. The topological polar surface area (TPSA) is 110 Å². The first-order valence-corrected chi connectivity index (χ1v) is 14.1. The monoisotopic (exact) mass is 534 g/mol. The normalized spacial score (nSPS) is 10.8. The van der Waals surface area contributed by atoms with E-state index in [-0.39, 0.29) is 18.2 Å². The maximum absolute atomic E-state index is 12.2. The fourth-order valence-electron chi connectivity index (χ4n) is 3.74. The van der Waals surface area contributed by atoms with Gasteiger partial charge >= 0.3 is 0 Å². The minimum atomic E-state index is -0.0808. The van der Waals surface area contributed by atoms with Crippen molar-refractivity contribution in [1.82, 2.24) is 20.4 Å². The second-order valence-electron chi connectivity index (χ2n) is 8.68. The lowest BCUT2D eigenvalue weighted by atomic mass is 10.1. The molecule has 2 N–H and O–H groups in total. The number of rotatable bonds is 15. The molecule has 0 unspecified atom stereocenters. The number of unbranched alkanes of at least 4 members (excludes halogenated alkanes) is 3. The molecular formula is C27H30N6O2S2. The van der Waals surface area contributed by atoms with Gasteiger partial charge in [-0.1, -0.05) is 96.2 Å². The number of ketones is 1. The zero-order valence-electron chi connectivity index (χ0n) is 20.6. The zero-order chi connectivity index (χ0) is 25.7. The summed E-state index contributed by atoms with van der Waals surface area (Å²) in [4.78, 5) is 24.3. The highest BCUT2D eigenvalue weighted by atomic mass is 32.1. The molecule has 0 fully saturated rings. The van der Waals surface area contributed by atoms with Crippen molar-refractivity contribution in [3.63, 3.8) is 0 Å². The van der Waals surface area contributed by atoms with Crippen LogP contribution in [-0.2, 0) is 35.3 Å². The van der Waals surface area contributed by atoms with Crippen LogP contribution in [0.25, 0.3) is 0 Å². The number of aryl methyl sites for hydroxylation is 2. The Labute approximate surface area is 224 Å². The molecule has 4 aromatic rings. The van der Waals surface area contributed by atoms with Crippen molar-refractivity contribution in [3.05, 3.63) is 81.8 Å². The molecular weight excluding hydrogens is 504 g/mol. The number of Topliss-reactive ketones (excluding diaryl/α,β-unsaturated/α-hetero) is 1. The molecule has 0 atom stereocenters. The predicted molar refractivity (Wildman–Crippen MR) is 148 cm³/mol. The van der Waals surface area contributed by atoms with E-state index in [2.05, 4.69) is 31.0 Å². The van der Waals surface area contributed by atoms with E-state index in [4.69, 9.17) is 0 Å². The van der Waals surface area contributed by atoms with E-state index in [0.717, 1.165) is 59.7 Å². The third-order valence-electron chi connectivity index (χ3n) is 5.60. The van der Waals surface area contributed by atoms with Crippen LogP contribution in [0, 0.1) is 0 Å². The standard InChI is InChI=1S/C27H30N6O2S2/c34-22(17-20-11-5-3-6-12-20)19-28-26-32-30-24(36-26)15-9-1-2-10-16-25-31-33-27(37-25)29-23(35)18-21-13-7-4-8-14-21/h3-8,11-14H,1-2,9-10,15-19H2,(H,28,32)(H,29,33,35). The molecule has 1 amide bonds. The summed E-state index contributed by atoms with van der Waals surface area (Å²) in [5.41, 5.74) is 1.99. The molecule has 0 saturated heterocycles. The molecule has 0 aliphatic carbocycles. The molecule has 8 nitrogen and oxygen atoms in total. The van der Waals surface area contributed by atoms with E-state index in [1.54, 1.807) is 0 Å². The number of aromatic nitrogens is 4. The highest BCUT2D eigenvalue weighted by molar-refractivity contribution is 7.15. The van der Waals surface area contributed by atoms with E-state index >= 15 is 0 Å². The number of hydrogen-bond acceptors (Lipinski definition) is 9. The molecule has 2 aromatic heterocycles. The van der Waals surface area contributed by atoms with Crippen LogP contribution in [0.3, 0.4) is 0 Å². The van der Waals surface area contributed by atoms with Crippen molar-refractivity contribution in [1.29, 1.82) is 0 Å². The van der Waals surface area contributed by atoms with E-state index in [1.807, 2.05) is 60.7 Å². The van der Waals surface area contributed by atoms with Crippen LogP contribution in [0.4, 0.5) is 10.3 Å². The van der Waals surface area contributed by atoms with Gasteiger partial charge in [-0.05, 0) is 24.0 Å². The number of nitrogens with zero attached hydrogens (tertiary/aromatic N) is 4. The molecule has 4 rings (SSSR count). The number of carbonyl (C=O) groups excluding carboxylic acids is 2. The lowest BCUT2D eigenvalue weighted by molar-refractivity contribution is -0.117. The van der Waals surface area contributed by atoms with Gasteiger partial charge in [0.1, 0.15) is 10.0 Å². The SMILES string of the molecule is O=C(CNc1nnc(CCCCCCc2nnc(NC(=O)Cc3ccccc3)s2)s1)Cc1ccccc1. The lowest BCUT2D eigenvalue weighted by Crippen LogP contribution is -2.15. The fraction of sp³-hybridized carbons (Fsp3) is 0.333. The summed E-state index contributed by atoms with van der Waals surface area (Å²) in [6, 6.07) is 19.4. The number of anilines is 2. The average molecular weight is 535 g/mol. The fourth-order valence-corrected chi connectivity index (χ4v) is 5.32. The van der Waals surface area contributed by atoms with Crippen molar-refractivity contribution >= 4 is 44.6 Å². The van der Waals surface area contributed by atoms with Gasteiger partial charge in [0.25, 0.3) is 0 Å². The minimum absolute atomic E-state index is 0.0808. The van der Waals surface area contributed by atoms with Gasteiger partial charge in [-0.3, -0.25) is 9.59 Å². The molecule has 0 bridgehead atoms. The Morgan fingerprint density at radius 1 is 0.649 bits per heavy atom. The highest BCUT2D eigenvalue weighted by Gasteiger charge is 2.10. The minimum Gasteiger partial charge on any atom is -0.353 e. The third kappa shape index (κ3) is 9.47. The van der Waals surface area contributed by atoms with E-state index in [0.29, 0.717) is 23.1 Å². The van der Waals surface area contributed by atoms with E-state index in [9.17, 15) is 9.59 Å². The Morgan fingerprint density at radius 2 is 1.19 bits per heavy atom. The second kappa shape index (κ2) is 14.3. The second-order valence-corrected chi connectivity index (χ2v) is 10.8. The number of carbonyl (C=O) groups is 2. The third-order valence-corrected chi connectivity index (χ3v) is 7.44. The first-order chi connectivity index (χ1) is 18.1. The summed E-state index contributed by atoms with van der Waals surface area (Å²) in [6.45, 7) is 0.258. The van der Waals surface area contributed by atoms with Gasteiger partial charge in [0.05, 0.1) is 13.0 Å². The van der Waals surface area contributed by atoms with Gasteiger partial charge in [0, 0.05) is 19.3 Å². The molecule has 2 aromatic carbocycles. The molecule has 0 aliphatic rings. The first-order valence-electron chi connectivity index (χ1n) is 12.4. The van der Waals surface area contributed by atoms with E-state index in [1.165, 1.54) is 22.7 Å². The number of benzene rings is 2. The van der Waals surface area contributed by atoms with Crippen molar-refractivity contribution < 1.29 is 9.59 Å². The van der Waals surface area contributed by atoms with Crippen LogP contribution in [0.2, 0.25) is 0 Å². The summed E-state index contributed by atoms with van der Waals surface area (Å²) in [6.07, 6.45) is 6.74. The molecule has 2 heterocycles. The predicted octanol–water partition coefficient (Wildman–Crippen LogP) is 5.14. The van der Waals surface area contributed by atoms with Crippen LogP contribution in [0.1, 0.15) is 46.8 Å². The Balaban J connectivity index is 1.06. The molecule has 0 spiro atoms. The van der Waals surface area contributed by atoms with Gasteiger partial charge in [-0.15, -0.1) is 20.4 Å². The van der Waals surface area contributed by atoms with Crippen molar-refractivity contribution in [2.45, 2.75) is 51.4 Å². The van der Waals surface area contributed by atoms with Crippen molar-refractivity contribution in [2.75, 3.05) is 17.2 Å². The van der Waals surface area contributed by atoms with Crippen LogP contribution in [0.15, 0.2) is 60.7 Å². The van der Waals surface area contributed by atoms with Gasteiger partial charge < -0.3 is 10.6 Å². The van der Waals surface area contributed by atoms with Gasteiger partial charge in [-0.2, -0.15) is 0 Å². The van der Waals surface area contributed by atoms with Gasteiger partial charge in [0.2, 0.25) is 16.2 Å². The van der Waals surface area contributed by atoms with Crippen LogP contribution in [0.5, 0.6) is 0 Å². The summed E-state index contributed by atoms with van der Waals surface area (Å²) in [5, 5.41) is 25.8. The Morgan fingerprint density at radius 3 is 1.81 bits per heavy atom. The molecule has 192 valence electrons. The maximum Gasteiger partial charge on any atom is 0.230 e. The molecule has 0 saturated carbocycles. The highest BCUT2D eigenvalue weighted by Crippen LogP contribution is 2.20. The van der Waals surface area contributed by atoms with Crippen LogP contribution >= 0.6 is 22.7 Å². The Bertz CT molecular complexity index is 1260. The van der Waals surface area contributed by atoms with Crippen LogP contribution in [-0.4, -0.2) is 38.6 Å². The maximum atomic E-state index is 12.2. The lowest BCUT2D eigenvalue weighted by Gasteiger charge is -2.02. The molecule has 10 heteroatoms. The zero-order valence-corrected chi connectivity index (χ0v) is 22.2. The summed E-state index contributed by atoms with van der Waals surface area (Å²) in [7, 11) is 0. The summed E-state index contributed by atoms with van der Waals surface area (Å²) < 4.78 is 0. The molecule has 37 heavy (non-hydrogen) atoms. The number of hydrogen-bond donors (Lipinski definition) is 2. The van der Waals surface area contributed by atoms with Crippen LogP contribution < -0.4 is 10.6 Å². The number of nitrogens with one attached hydrogen (secondary N) is 2. The summed E-state index contributed by atoms with van der Waals surface area (Å²) >= 11 is 2.95. The van der Waals surface area contributed by atoms with Gasteiger partial charge in [0.15, 0.2) is 5.78 Å². The first kappa shape index (κ1) is 26.6. The van der Waals surface area contributed by atoms with Crippen molar-refractivity contribution in [3.8, 4) is 0 Å². The number of amides is 1. The molecule has 0 aliphatic heterocycles. The quantitative estimate of drug-likeness (QED) is 0.203.